The lowest BCUT2D eigenvalue weighted by atomic mass is 9.79. The molecule has 1 saturated carbocycles. The van der Waals surface area contributed by atoms with Crippen molar-refractivity contribution in [1.82, 2.24) is 9.80 Å². The summed E-state index contributed by atoms with van der Waals surface area (Å²) in [5, 5.41) is 9.15. The molecule has 1 aliphatic carbocycles. The fourth-order valence-electron chi connectivity index (χ4n) is 3.91. The van der Waals surface area contributed by atoms with E-state index in [0.717, 1.165) is 51.7 Å². The first-order chi connectivity index (χ1) is 9.96. The Bertz CT molecular complexity index is 391. The summed E-state index contributed by atoms with van der Waals surface area (Å²) in [5.41, 5.74) is -0.284. The molecule has 0 aromatic heterocycles. The van der Waals surface area contributed by atoms with Gasteiger partial charge in [-0.2, -0.15) is 0 Å². The van der Waals surface area contributed by atoms with Crippen molar-refractivity contribution in [2.24, 2.45) is 5.41 Å². The van der Waals surface area contributed by atoms with Crippen LogP contribution in [0.1, 0.15) is 51.9 Å². The maximum atomic E-state index is 12.6. The van der Waals surface area contributed by atoms with Gasteiger partial charge in [-0.05, 0) is 31.7 Å². The van der Waals surface area contributed by atoms with Crippen LogP contribution in [0.25, 0.3) is 0 Å². The third kappa shape index (κ3) is 3.96. The number of likely N-dealkylation sites (N-methyl/N-ethyl adjacent to an activating group) is 1. The van der Waals surface area contributed by atoms with E-state index in [1.807, 2.05) is 4.90 Å². The van der Waals surface area contributed by atoms with Gasteiger partial charge in [0.1, 0.15) is 0 Å². The van der Waals surface area contributed by atoms with E-state index in [1.54, 1.807) is 0 Å². The molecule has 1 amide bonds. The summed E-state index contributed by atoms with van der Waals surface area (Å²) in [6, 6.07) is 0.432. The second-order valence-electron chi connectivity index (χ2n) is 6.84. The monoisotopic (exact) mass is 296 g/mol. The minimum absolute atomic E-state index is 0.143. The van der Waals surface area contributed by atoms with Gasteiger partial charge in [0.05, 0.1) is 6.42 Å². The standard InChI is InChI=1S/C16H28N2O3/c1-3-13-12-18(9-8-17(13)2)14(19)10-16(11-15(20)21)6-4-5-7-16/h13H,3-12H2,1-2H3,(H,20,21). The van der Waals surface area contributed by atoms with Crippen LogP contribution in [0.4, 0.5) is 0 Å². The van der Waals surface area contributed by atoms with Crippen LogP contribution in [0.2, 0.25) is 0 Å². The summed E-state index contributed by atoms with van der Waals surface area (Å²) in [6.07, 6.45) is 5.48. The molecule has 2 rings (SSSR count). The van der Waals surface area contributed by atoms with E-state index in [9.17, 15) is 9.59 Å². The Morgan fingerprint density at radius 2 is 1.86 bits per heavy atom. The average Bonchev–Trinajstić information content (AvgIpc) is 2.86. The maximum Gasteiger partial charge on any atom is 0.303 e. The number of nitrogens with zero attached hydrogens (tertiary/aromatic N) is 2. The number of hydrogen-bond acceptors (Lipinski definition) is 3. The molecule has 5 heteroatoms. The van der Waals surface area contributed by atoms with Crippen LogP contribution in [0, 0.1) is 5.41 Å². The van der Waals surface area contributed by atoms with Gasteiger partial charge in [0.15, 0.2) is 0 Å². The lowest BCUT2D eigenvalue weighted by molar-refractivity contribution is -0.142. The van der Waals surface area contributed by atoms with Gasteiger partial charge in [-0.25, -0.2) is 0 Å². The van der Waals surface area contributed by atoms with Crippen LogP contribution in [-0.4, -0.2) is 59.5 Å². The van der Waals surface area contributed by atoms with Crippen LogP contribution in [0.5, 0.6) is 0 Å². The Labute approximate surface area is 127 Å². The average molecular weight is 296 g/mol. The Hall–Kier alpha value is -1.10. The molecule has 1 unspecified atom stereocenters. The molecular weight excluding hydrogens is 268 g/mol. The van der Waals surface area contributed by atoms with Gasteiger partial charge >= 0.3 is 5.97 Å². The summed E-state index contributed by atoms with van der Waals surface area (Å²) < 4.78 is 0. The molecule has 120 valence electrons. The second kappa shape index (κ2) is 6.77. The molecular formula is C16H28N2O3. The minimum Gasteiger partial charge on any atom is -0.481 e. The molecule has 0 spiro atoms. The maximum absolute atomic E-state index is 12.6. The molecule has 0 aromatic carbocycles. The smallest absolute Gasteiger partial charge is 0.303 e. The van der Waals surface area contributed by atoms with Crippen molar-refractivity contribution in [1.29, 1.82) is 0 Å². The predicted octanol–water partition coefficient (Wildman–Crippen LogP) is 1.96. The highest BCUT2D eigenvalue weighted by molar-refractivity contribution is 5.78. The molecule has 2 aliphatic rings. The van der Waals surface area contributed by atoms with Crippen LogP contribution >= 0.6 is 0 Å². The number of carboxylic acid groups (broad SMARTS) is 1. The van der Waals surface area contributed by atoms with E-state index in [0.29, 0.717) is 12.5 Å². The molecule has 1 atom stereocenters. The number of hydrogen-bond donors (Lipinski definition) is 1. The number of rotatable bonds is 5. The van der Waals surface area contributed by atoms with Gasteiger partial charge in [0.25, 0.3) is 0 Å². The van der Waals surface area contributed by atoms with Gasteiger partial charge < -0.3 is 10.0 Å². The number of carbonyl (C=O) groups excluding carboxylic acids is 1. The quantitative estimate of drug-likeness (QED) is 0.842. The van der Waals surface area contributed by atoms with Gasteiger partial charge in [0.2, 0.25) is 5.91 Å². The first-order valence-corrected chi connectivity index (χ1v) is 8.15. The summed E-state index contributed by atoms with van der Waals surface area (Å²) in [6.45, 7) is 4.62. The van der Waals surface area contributed by atoms with Crippen molar-refractivity contribution in [2.75, 3.05) is 26.7 Å². The molecule has 1 saturated heterocycles. The largest absolute Gasteiger partial charge is 0.481 e. The van der Waals surface area contributed by atoms with Crippen LogP contribution in [-0.2, 0) is 9.59 Å². The van der Waals surface area contributed by atoms with Crippen LogP contribution in [0.15, 0.2) is 0 Å². The van der Waals surface area contributed by atoms with Crippen molar-refractivity contribution in [3.63, 3.8) is 0 Å². The highest BCUT2D eigenvalue weighted by Crippen LogP contribution is 2.44. The predicted molar refractivity (Wildman–Crippen MR) is 81.1 cm³/mol. The van der Waals surface area contributed by atoms with Crippen molar-refractivity contribution in [2.45, 2.75) is 57.9 Å². The normalized spacial score (nSPS) is 26.0. The van der Waals surface area contributed by atoms with Crippen LogP contribution in [0.3, 0.4) is 0 Å². The molecule has 5 nitrogen and oxygen atoms in total. The van der Waals surface area contributed by atoms with Crippen molar-refractivity contribution < 1.29 is 14.7 Å². The number of amides is 1. The van der Waals surface area contributed by atoms with Gasteiger partial charge in [-0.1, -0.05) is 19.8 Å². The summed E-state index contributed by atoms with van der Waals surface area (Å²) >= 11 is 0. The summed E-state index contributed by atoms with van der Waals surface area (Å²) in [4.78, 5) is 28.0. The number of carboxylic acids is 1. The molecule has 21 heavy (non-hydrogen) atoms. The highest BCUT2D eigenvalue weighted by atomic mass is 16.4. The van der Waals surface area contributed by atoms with Gasteiger partial charge in [-0.3, -0.25) is 14.5 Å². The van der Waals surface area contributed by atoms with Crippen molar-refractivity contribution in [3.05, 3.63) is 0 Å². The van der Waals surface area contributed by atoms with E-state index in [1.165, 1.54) is 0 Å². The first kappa shape index (κ1) is 16.3. The zero-order chi connectivity index (χ0) is 15.5. The van der Waals surface area contributed by atoms with Gasteiger partial charge in [-0.15, -0.1) is 0 Å². The number of piperazine rings is 1. The fourth-order valence-corrected chi connectivity index (χ4v) is 3.91. The third-order valence-electron chi connectivity index (χ3n) is 5.32. The topological polar surface area (TPSA) is 60.9 Å². The van der Waals surface area contributed by atoms with E-state index in [2.05, 4.69) is 18.9 Å². The van der Waals surface area contributed by atoms with Gasteiger partial charge in [0, 0.05) is 32.1 Å². The molecule has 1 heterocycles. The fraction of sp³-hybridized carbons (Fsp3) is 0.875. The lowest BCUT2D eigenvalue weighted by Crippen LogP contribution is -2.53. The number of carbonyl (C=O) groups is 2. The third-order valence-corrected chi connectivity index (χ3v) is 5.32. The summed E-state index contributed by atoms with van der Waals surface area (Å²) in [7, 11) is 2.11. The molecule has 2 fully saturated rings. The molecule has 1 aliphatic heterocycles. The molecule has 0 aromatic rings. The van der Waals surface area contributed by atoms with E-state index >= 15 is 0 Å². The zero-order valence-electron chi connectivity index (χ0n) is 13.3. The zero-order valence-corrected chi connectivity index (χ0v) is 13.3. The molecule has 0 bridgehead atoms. The highest BCUT2D eigenvalue weighted by Gasteiger charge is 2.39. The first-order valence-electron chi connectivity index (χ1n) is 8.15. The Balaban J connectivity index is 1.97. The second-order valence-corrected chi connectivity index (χ2v) is 6.84. The van der Waals surface area contributed by atoms with E-state index in [4.69, 9.17) is 5.11 Å². The SMILES string of the molecule is CCC1CN(C(=O)CC2(CC(=O)O)CCCC2)CCN1C. The van der Waals surface area contributed by atoms with Crippen molar-refractivity contribution in [3.8, 4) is 0 Å². The van der Waals surface area contributed by atoms with Crippen LogP contribution < -0.4 is 0 Å². The Morgan fingerprint density at radius 3 is 2.43 bits per heavy atom. The minimum atomic E-state index is -0.769. The van der Waals surface area contributed by atoms with E-state index in [-0.39, 0.29) is 17.7 Å². The van der Waals surface area contributed by atoms with Crippen molar-refractivity contribution >= 4 is 11.9 Å². The molecule has 1 N–H and O–H groups in total. The summed E-state index contributed by atoms with van der Waals surface area (Å²) in [5.74, 6) is -0.612. The number of aliphatic carboxylic acids is 1. The Kier molecular flexibility index (Phi) is 5.25. The Morgan fingerprint density at radius 1 is 1.19 bits per heavy atom. The lowest BCUT2D eigenvalue weighted by Gasteiger charge is -2.40. The van der Waals surface area contributed by atoms with E-state index < -0.39 is 5.97 Å². The molecule has 0 radical (unpaired) electrons.